The summed E-state index contributed by atoms with van der Waals surface area (Å²) in [7, 11) is 0. The Labute approximate surface area is 118 Å². The molecule has 1 heterocycles. The molecule has 106 valence electrons. The standard InChI is InChI=1S/C15H20N4O/c16-18-15-12(10-19(7-8-20)13-5-6-13)9-11-3-1-2-4-14(11)17-15/h1-4,9,13,20H,5-8,10,16H2,(H,17,18). The number of aliphatic hydroxyl groups is 1. The lowest BCUT2D eigenvalue weighted by atomic mass is 10.1. The van der Waals surface area contributed by atoms with E-state index < -0.39 is 0 Å². The molecule has 0 aliphatic heterocycles. The van der Waals surface area contributed by atoms with Crippen LogP contribution in [0.15, 0.2) is 30.3 Å². The van der Waals surface area contributed by atoms with Crippen LogP contribution in [0.25, 0.3) is 10.9 Å². The second-order valence-electron chi connectivity index (χ2n) is 5.26. The van der Waals surface area contributed by atoms with E-state index in [9.17, 15) is 5.11 Å². The number of rotatable bonds is 6. The molecule has 1 aliphatic rings. The minimum atomic E-state index is 0.183. The first-order valence-corrected chi connectivity index (χ1v) is 7.02. The van der Waals surface area contributed by atoms with Crippen LogP contribution in [0.4, 0.5) is 5.82 Å². The predicted molar refractivity (Wildman–Crippen MR) is 80.1 cm³/mol. The van der Waals surface area contributed by atoms with E-state index in [-0.39, 0.29) is 6.61 Å². The Morgan fingerprint density at radius 3 is 2.85 bits per heavy atom. The number of nitrogen functional groups attached to an aromatic ring is 1. The van der Waals surface area contributed by atoms with Gasteiger partial charge < -0.3 is 10.5 Å². The molecule has 0 bridgehead atoms. The number of nitrogens with zero attached hydrogens (tertiary/aromatic N) is 2. The molecule has 20 heavy (non-hydrogen) atoms. The van der Waals surface area contributed by atoms with Gasteiger partial charge in [0.1, 0.15) is 5.82 Å². The molecule has 5 heteroatoms. The monoisotopic (exact) mass is 272 g/mol. The Kier molecular flexibility index (Phi) is 3.82. The molecule has 0 spiro atoms. The fourth-order valence-electron chi connectivity index (χ4n) is 2.58. The van der Waals surface area contributed by atoms with Gasteiger partial charge in [0.2, 0.25) is 0 Å². The van der Waals surface area contributed by atoms with Crippen LogP contribution in [0.3, 0.4) is 0 Å². The number of nitrogens with two attached hydrogens (primary N) is 1. The first kappa shape index (κ1) is 13.3. The lowest BCUT2D eigenvalue weighted by Crippen LogP contribution is -2.29. The quantitative estimate of drug-likeness (QED) is 0.548. The van der Waals surface area contributed by atoms with Gasteiger partial charge in [-0.3, -0.25) is 4.90 Å². The third-order valence-corrected chi connectivity index (χ3v) is 3.76. The third-order valence-electron chi connectivity index (χ3n) is 3.76. The van der Waals surface area contributed by atoms with Gasteiger partial charge in [-0.2, -0.15) is 0 Å². The van der Waals surface area contributed by atoms with Gasteiger partial charge in [0.15, 0.2) is 0 Å². The number of anilines is 1. The zero-order valence-electron chi connectivity index (χ0n) is 11.4. The molecule has 0 amide bonds. The fraction of sp³-hybridized carbons (Fsp3) is 0.400. The summed E-state index contributed by atoms with van der Waals surface area (Å²) in [6, 6.07) is 10.7. The SMILES string of the molecule is NNc1nc2ccccc2cc1CN(CCO)C1CC1. The average molecular weight is 272 g/mol. The van der Waals surface area contributed by atoms with E-state index in [0.29, 0.717) is 18.4 Å². The number of aromatic nitrogens is 1. The van der Waals surface area contributed by atoms with Crippen molar-refractivity contribution < 1.29 is 5.11 Å². The van der Waals surface area contributed by atoms with Crippen LogP contribution in [-0.4, -0.2) is 34.2 Å². The number of benzene rings is 1. The number of nitrogens with one attached hydrogen (secondary N) is 1. The summed E-state index contributed by atoms with van der Waals surface area (Å²) in [4.78, 5) is 6.86. The number of aliphatic hydroxyl groups excluding tert-OH is 1. The molecule has 0 radical (unpaired) electrons. The molecular weight excluding hydrogens is 252 g/mol. The fourth-order valence-corrected chi connectivity index (χ4v) is 2.58. The summed E-state index contributed by atoms with van der Waals surface area (Å²) in [6.45, 7) is 1.65. The largest absolute Gasteiger partial charge is 0.395 e. The first-order valence-electron chi connectivity index (χ1n) is 7.02. The normalized spacial score (nSPS) is 14.9. The molecule has 0 unspecified atom stereocenters. The van der Waals surface area contributed by atoms with Crippen molar-refractivity contribution in [2.75, 3.05) is 18.6 Å². The molecule has 1 aromatic heterocycles. The first-order chi connectivity index (χ1) is 9.81. The van der Waals surface area contributed by atoms with Crippen molar-refractivity contribution in [2.24, 2.45) is 5.84 Å². The van der Waals surface area contributed by atoms with Crippen LogP contribution in [0.1, 0.15) is 18.4 Å². The highest BCUT2D eigenvalue weighted by Crippen LogP contribution is 2.30. The van der Waals surface area contributed by atoms with Gasteiger partial charge >= 0.3 is 0 Å². The van der Waals surface area contributed by atoms with Crippen LogP contribution < -0.4 is 11.3 Å². The number of para-hydroxylation sites is 1. The van der Waals surface area contributed by atoms with E-state index in [1.165, 1.54) is 12.8 Å². The van der Waals surface area contributed by atoms with Crippen molar-refractivity contribution >= 4 is 16.7 Å². The lowest BCUT2D eigenvalue weighted by molar-refractivity contribution is 0.183. The molecule has 1 aromatic carbocycles. The minimum Gasteiger partial charge on any atom is -0.395 e. The molecule has 1 aliphatic carbocycles. The van der Waals surface area contributed by atoms with Crippen LogP contribution in [0.2, 0.25) is 0 Å². The van der Waals surface area contributed by atoms with Crippen LogP contribution in [0.5, 0.6) is 0 Å². The molecular formula is C15H20N4O. The summed E-state index contributed by atoms with van der Waals surface area (Å²) in [5.41, 5.74) is 4.70. The van der Waals surface area contributed by atoms with Gasteiger partial charge in [0.05, 0.1) is 12.1 Å². The maximum atomic E-state index is 9.19. The topological polar surface area (TPSA) is 74.4 Å². The van der Waals surface area contributed by atoms with E-state index >= 15 is 0 Å². The summed E-state index contributed by atoms with van der Waals surface area (Å²) < 4.78 is 0. The molecule has 1 fully saturated rings. The molecule has 5 nitrogen and oxygen atoms in total. The second kappa shape index (κ2) is 5.75. The summed E-state index contributed by atoms with van der Waals surface area (Å²) >= 11 is 0. The Morgan fingerprint density at radius 1 is 1.35 bits per heavy atom. The second-order valence-corrected chi connectivity index (χ2v) is 5.26. The third kappa shape index (κ3) is 2.75. The summed E-state index contributed by atoms with van der Waals surface area (Å²) in [6.07, 6.45) is 2.43. The molecule has 0 atom stereocenters. The van der Waals surface area contributed by atoms with Gasteiger partial charge in [-0.15, -0.1) is 0 Å². The van der Waals surface area contributed by atoms with E-state index in [0.717, 1.165) is 23.0 Å². The number of hydrogen-bond acceptors (Lipinski definition) is 5. The van der Waals surface area contributed by atoms with Crippen molar-refractivity contribution in [3.8, 4) is 0 Å². The number of hydrazine groups is 1. The van der Waals surface area contributed by atoms with E-state index in [1.54, 1.807) is 0 Å². The van der Waals surface area contributed by atoms with Crippen LogP contribution >= 0.6 is 0 Å². The van der Waals surface area contributed by atoms with Crippen molar-refractivity contribution in [3.05, 3.63) is 35.9 Å². The van der Waals surface area contributed by atoms with E-state index in [1.807, 2.05) is 18.2 Å². The number of pyridine rings is 1. The lowest BCUT2D eigenvalue weighted by Gasteiger charge is -2.22. The van der Waals surface area contributed by atoms with Crippen molar-refractivity contribution in [1.82, 2.24) is 9.88 Å². The number of hydrogen-bond donors (Lipinski definition) is 3. The van der Waals surface area contributed by atoms with Gasteiger partial charge in [0.25, 0.3) is 0 Å². The Balaban J connectivity index is 1.92. The predicted octanol–water partition coefficient (Wildman–Crippen LogP) is 1.48. The summed E-state index contributed by atoms with van der Waals surface area (Å²) in [5.74, 6) is 6.32. The highest BCUT2D eigenvalue weighted by atomic mass is 16.3. The van der Waals surface area contributed by atoms with E-state index in [2.05, 4.69) is 27.4 Å². The zero-order chi connectivity index (χ0) is 13.9. The molecule has 4 N–H and O–H groups in total. The molecule has 3 rings (SSSR count). The highest BCUT2D eigenvalue weighted by molar-refractivity contribution is 5.81. The van der Waals surface area contributed by atoms with E-state index in [4.69, 9.17) is 5.84 Å². The highest BCUT2D eigenvalue weighted by Gasteiger charge is 2.29. The van der Waals surface area contributed by atoms with Crippen molar-refractivity contribution in [3.63, 3.8) is 0 Å². The smallest absolute Gasteiger partial charge is 0.145 e. The number of fused-ring (bicyclic) bond motifs is 1. The maximum Gasteiger partial charge on any atom is 0.145 e. The van der Waals surface area contributed by atoms with Gasteiger partial charge in [-0.05, 0) is 25.0 Å². The van der Waals surface area contributed by atoms with Gasteiger partial charge in [-0.1, -0.05) is 18.2 Å². The zero-order valence-corrected chi connectivity index (χ0v) is 11.4. The Bertz CT molecular complexity index is 597. The Morgan fingerprint density at radius 2 is 2.15 bits per heavy atom. The average Bonchev–Trinajstić information content (AvgIpc) is 3.30. The van der Waals surface area contributed by atoms with Gasteiger partial charge in [0, 0.05) is 30.1 Å². The molecule has 0 saturated heterocycles. The van der Waals surface area contributed by atoms with Crippen LogP contribution in [0, 0.1) is 0 Å². The molecule has 2 aromatic rings. The van der Waals surface area contributed by atoms with Gasteiger partial charge in [-0.25, -0.2) is 10.8 Å². The maximum absolute atomic E-state index is 9.19. The Hall–Kier alpha value is -1.69. The summed E-state index contributed by atoms with van der Waals surface area (Å²) in [5, 5.41) is 10.3. The van der Waals surface area contributed by atoms with Crippen molar-refractivity contribution in [2.45, 2.75) is 25.4 Å². The molecule has 1 saturated carbocycles. The minimum absolute atomic E-state index is 0.183. The van der Waals surface area contributed by atoms with Crippen LogP contribution in [-0.2, 0) is 6.54 Å². The van der Waals surface area contributed by atoms with Crippen molar-refractivity contribution in [1.29, 1.82) is 0 Å².